The van der Waals surface area contributed by atoms with Gasteiger partial charge in [-0.1, -0.05) is 50.8 Å². The number of hydrogen-bond acceptors (Lipinski definition) is 4. The highest BCUT2D eigenvalue weighted by atomic mass is 19.1. The number of rotatable bonds is 14. The van der Waals surface area contributed by atoms with Crippen molar-refractivity contribution in [1.82, 2.24) is 4.90 Å². The van der Waals surface area contributed by atoms with E-state index >= 15 is 0 Å². The fourth-order valence-electron chi connectivity index (χ4n) is 3.31. The van der Waals surface area contributed by atoms with Crippen molar-refractivity contribution < 1.29 is 27.8 Å². The number of ether oxygens (including phenoxy) is 3. The van der Waals surface area contributed by atoms with Crippen LogP contribution in [0, 0.1) is 11.6 Å². The quantitative estimate of drug-likeness (QED) is 0.277. The Morgan fingerprint density at radius 3 is 2.45 bits per heavy atom. The average Bonchev–Trinajstić information content (AvgIpc) is 2.81. The number of para-hydroxylation sites is 1. The molecule has 33 heavy (non-hydrogen) atoms. The Balaban J connectivity index is 2.13. The molecule has 2 rings (SSSR count). The van der Waals surface area contributed by atoms with Crippen LogP contribution in [0.4, 0.5) is 19.3 Å². The maximum atomic E-state index is 14.1. The van der Waals surface area contributed by atoms with Crippen molar-refractivity contribution in [3.8, 4) is 5.75 Å². The number of nitrogens with one attached hydrogen (secondary N) is 1. The second-order valence-corrected chi connectivity index (χ2v) is 7.71. The number of methoxy groups -OCH3 is 2. The van der Waals surface area contributed by atoms with Crippen molar-refractivity contribution in [2.24, 2.45) is 0 Å². The fourth-order valence-corrected chi connectivity index (χ4v) is 3.31. The molecule has 0 spiro atoms. The van der Waals surface area contributed by atoms with Crippen LogP contribution >= 0.6 is 0 Å². The molecular formula is C25H34F2N2O4. The molecule has 0 heterocycles. The number of urea groups is 1. The maximum absolute atomic E-state index is 14.1. The van der Waals surface area contributed by atoms with E-state index < -0.39 is 24.0 Å². The van der Waals surface area contributed by atoms with Gasteiger partial charge < -0.3 is 24.4 Å². The number of anilines is 1. The Labute approximate surface area is 194 Å². The van der Waals surface area contributed by atoms with Gasteiger partial charge in [-0.25, -0.2) is 13.6 Å². The molecule has 0 aliphatic carbocycles. The van der Waals surface area contributed by atoms with Crippen molar-refractivity contribution in [2.45, 2.75) is 51.9 Å². The number of amides is 2. The lowest BCUT2D eigenvalue weighted by molar-refractivity contribution is -0.122. The molecular weight excluding hydrogens is 430 g/mol. The number of halogens is 2. The molecule has 1 N–H and O–H groups in total. The molecule has 0 saturated heterocycles. The van der Waals surface area contributed by atoms with E-state index in [1.54, 1.807) is 4.90 Å². The van der Waals surface area contributed by atoms with Gasteiger partial charge in [0, 0.05) is 32.4 Å². The molecule has 0 saturated carbocycles. The number of nitrogens with zero attached hydrogens (tertiary/aromatic N) is 1. The molecule has 0 fully saturated rings. The zero-order chi connectivity index (χ0) is 24.1. The van der Waals surface area contributed by atoms with Crippen molar-refractivity contribution in [3.05, 3.63) is 59.7 Å². The SMILES string of the molecule is CCCCCCCN(Cc1ccccc1OCC(OC)OC)C(=O)Nc1ccc(F)cc1F. The molecule has 6 nitrogen and oxygen atoms in total. The lowest BCUT2D eigenvalue weighted by atomic mass is 10.1. The predicted octanol–water partition coefficient (Wildman–Crippen LogP) is 5.97. The van der Waals surface area contributed by atoms with E-state index in [1.807, 2.05) is 24.3 Å². The first-order valence-electron chi connectivity index (χ1n) is 11.3. The summed E-state index contributed by atoms with van der Waals surface area (Å²) >= 11 is 0. The minimum absolute atomic E-state index is 0.0649. The van der Waals surface area contributed by atoms with Gasteiger partial charge in [0.05, 0.1) is 12.2 Å². The van der Waals surface area contributed by atoms with Crippen LogP contribution in [0.1, 0.15) is 44.6 Å². The van der Waals surface area contributed by atoms with E-state index in [1.165, 1.54) is 20.3 Å². The summed E-state index contributed by atoms with van der Waals surface area (Å²) in [7, 11) is 3.06. The summed E-state index contributed by atoms with van der Waals surface area (Å²) in [4.78, 5) is 14.6. The molecule has 2 amide bonds. The summed E-state index contributed by atoms with van der Waals surface area (Å²) < 4.78 is 43.5. The molecule has 0 radical (unpaired) electrons. The van der Waals surface area contributed by atoms with Crippen LogP contribution in [0.5, 0.6) is 5.75 Å². The van der Waals surface area contributed by atoms with Gasteiger partial charge in [-0.05, 0) is 24.6 Å². The van der Waals surface area contributed by atoms with Crippen molar-refractivity contribution in [3.63, 3.8) is 0 Å². The van der Waals surface area contributed by atoms with E-state index in [2.05, 4.69) is 12.2 Å². The van der Waals surface area contributed by atoms with Crippen LogP contribution in [-0.2, 0) is 16.0 Å². The summed E-state index contributed by atoms with van der Waals surface area (Å²) in [5.41, 5.74) is 0.733. The third-order valence-electron chi connectivity index (χ3n) is 5.23. The molecule has 0 aliphatic rings. The molecule has 0 bridgehead atoms. The minimum Gasteiger partial charge on any atom is -0.488 e. The highest BCUT2D eigenvalue weighted by Gasteiger charge is 2.18. The standard InChI is InChI=1S/C25H34F2N2O4/c1-4-5-6-7-10-15-29(25(30)28-22-14-13-20(26)16-21(22)27)17-19-11-8-9-12-23(19)33-18-24(31-2)32-3/h8-9,11-14,16,24H,4-7,10,15,17-18H2,1-3H3,(H,28,30). The number of carbonyl (C=O) groups is 1. The normalized spacial score (nSPS) is 11.0. The van der Waals surface area contributed by atoms with Gasteiger partial charge in [0.2, 0.25) is 0 Å². The molecule has 182 valence electrons. The number of benzene rings is 2. The van der Waals surface area contributed by atoms with Crippen LogP contribution < -0.4 is 10.1 Å². The molecule has 2 aromatic carbocycles. The Kier molecular flexibility index (Phi) is 11.6. The van der Waals surface area contributed by atoms with E-state index in [0.29, 0.717) is 12.3 Å². The topological polar surface area (TPSA) is 60.0 Å². The smallest absolute Gasteiger partial charge is 0.322 e. The summed E-state index contributed by atoms with van der Waals surface area (Å²) in [6.45, 7) is 3.09. The Morgan fingerprint density at radius 2 is 1.76 bits per heavy atom. The molecule has 0 aromatic heterocycles. The number of carbonyl (C=O) groups excluding carboxylic acids is 1. The van der Waals surface area contributed by atoms with Crippen molar-refractivity contribution in [1.29, 1.82) is 0 Å². The third kappa shape index (κ3) is 8.98. The number of unbranched alkanes of at least 4 members (excludes halogenated alkanes) is 4. The van der Waals surface area contributed by atoms with Crippen LogP contribution in [0.3, 0.4) is 0 Å². The monoisotopic (exact) mass is 464 g/mol. The fraction of sp³-hybridized carbons (Fsp3) is 0.480. The predicted molar refractivity (Wildman–Crippen MR) is 124 cm³/mol. The summed E-state index contributed by atoms with van der Waals surface area (Å²) in [5.74, 6) is -0.914. The average molecular weight is 465 g/mol. The molecule has 8 heteroatoms. The second kappa shape index (κ2) is 14.4. The largest absolute Gasteiger partial charge is 0.488 e. The Morgan fingerprint density at radius 1 is 1.03 bits per heavy atom. The minimum atomic E-state index is -0.819. The lowest BCUT2D eigenvalue weighted by Gasteiger charge is -2.25. The second-order valence-electron chi connectivity index (χ2n) is 7.71. The molecule has 0 aliphatic heterocycles. The van der Waals surface area contributed by atoms with E-state index in [0.717, 1.165) is 49.8 Å². The molecule has 0 atom stereocenters. The summed E-state index contributed by atoms with van der Waals surface area (Å²) in [6, 6.07) is 10.0. The van der Waals surface area contributed by atoms with E-state index in [9.17, 15) is 13.6 Å². The lowest BCUT2D eigenvalue weighted by Crippen LogP contribution is -2.35. The summed E-state index contributed by atoms with van der Waals surface area (Å²) in [5, 5.41) is 2.56. The Hall–Kier alpha value is -2.71. The third-order valence-corrected chi connectivity index (χ3v) is 5.23. The maximum Gasteiger partial charge on any atom is 0.322 e. The van der Waals surface area contributed by atoms with Gasteiger partial charge >= 0.3 is 6.03 Å². The number of hydrogen-bond donors (Lipinski definition) is 1. The van der Waals surface area contributed by atoms with Crippen LogP contribution in [0.2, 0.25) is 0 Å². The van der Waals surface area contributed by atoms with Crippen molar-refractivity contribution >= 4 is 11.7 Å². The first kappa shape index (κ1) is 26.5. The highest BCUT2D eigenvalue weighted by Crippen LogP contribution is 2.22. The first-order valence-corrected chi connectivity index (χ1v) is 11.3. The van der Waals surface area contributed by atoms with Crippen molar-refractivity contribution in [2.75, 3.05) is 32.7 Å². The zero-order valence-corrected chi connectivity index (χ0v) is 19.6. The first-order chi connectivity index (χ1) is 16.0. The Bertz CT molecular complexity index is 862. The van der Waals surface area contributed by atoms with Gasteiger partial charge in [-0.3, -0.25) is 0 Å². The zero-order valence-electron chi connectivity index (χ0n) is 19.6. The van der Waals surface area contributed by atoms with Gasteiger partial charge in [0.15, 0.2) is 6.29 Å². The van der Waals surface area contributed by atoms with Gasteiger partial charge in [0.25, 0.3) is 0 Å². The van der Waals surface area contributed by atoms with Gasteiger partial charge in [-0.15, -0.1) is 0 Å². The van der Waals surface area contributed by atoms with E-state index in [-0.39, 0.29) is 18.8 Å². The van der Waals surface area contributed by atoms with Gasteiger partial charge in [-0.2, -0.15) is 0 Å². The molecule has 2 aromatic rings. The van der Waals surface area contributed by atoms with Crippen LogP contribution in [-0.4, -0.2) is 44.6 Å². The van der Waals surface area contributed by atoms with Gasteiger partial charge in [0.1, 0.15) is 24.0 Å². The molecule has 0 unspecified atom stereocenters. The van der Waals surface area contributed by atoms with Crippen LogP contribution in [0.15, 0.2) is 42.5 Å². The van der Waals surface area contributed by atoms with Crippen LogP contribution in [0.25, 0.3) is 0 Å². The highest BCUT2D eigenvalue weighted by molar-refractivity contribution is 5.89. The van der Waals surface area contributed by atoms with E-state index in [4.69, 9.17) is 14.2 Å². The summed E-state index contributed by atoms with van der Waals surface area (Å²) in [6.07, 6.45) is 4.65.